The van der Waals surface area contributed by atoms with Gasteiger partial charge in [-0.15, -0.1) is 0 Å². The number of benzene rings is 1. The van der Waals surface area contributed by atoms with E-state index in [0.717, 1.165) is 16.5 Å². The van der Waals surface area contributed by atoms with Crippen molar-refractivity contribution < 1.29 is 14.7 Å². The molecule has 6 heteroatoms. The molecule has 0 saturated heterocycles. The predicted molar refractivity (Wildman–Crippen MR) is 81.7 cm³/mol. The molecule has 1 heterocycles. The van der Waals surface area contributed by atoms with Crippen molar-refractivity contribution in [1.82, 2.24) is 15.5 Å². The topological polar surface area (TPSA) is 95.1 Å². The van der Waals surface area contributed by atoms with Gasteiger partial charge < -0.3 is 10.4 Å². The highest BCUT2D eigenvalue weighted by molar-refractivity contribution is 6.04. The van der Waals surface area contributed by atoms with Gasteiger partial charge in [0.05, 0.1) is 11.4 Å². The summed E-state index contributed by atoms with van der Waals surface area (Å²) in [4.78, 5) is 23.4. The third-order valence-corrected chi connectivity index (χ3v) is 4.35. The second kappa shape index (κ2) is 5.79. The summed E-state index contributed by atoms with van der Waals surface area (Å²) in [7, 11) is 0. The maximum atomic E-state index is 12.4. The number of carbonyl (C=O) groups is 2. The van der Waals surface area contributed by atoms with Crippen LogP contribution in [0.15, 0.2) is 18.2 Å². The monoisotopic (exact) mass is 301 g/mol. The van der Waals surface area contributed by atoms with Crippen LogP contribution < -0.4 is 5.32 Å². The van der Waals surface area contributed by atoms with Crippen LogP contribution in [0.5, 0.6) is 0 Å². The molecule has 1 amide bonds. The third kappa shape index (κ3) is 2.81. The number of carboxylic acid groups (broad SMARTS) is 1. The van der Waals surface area contributed by atoms with Crippen LogP contribution >= 0.6 is 0 Å². The number of nitrogens with one attached hydrogen (secondary N) is 2. The second-order valence-electron chi connectivity index (χ2n) is 5.98. The number of aromatic amines is 1. The van der Waals surface area contributed by atoms with E-state index < -0.39 is 5.97 Å². The van der Waals surface area contributed by atoms with Crippen LogP contribution in [0.2, 0.25) is 0 Å². The summed E-state index contributed by atoms with van der Waals surface area (Å²) in [6, 6.07) is 5.84. The average Bonchev–Trinajstić information content (AvgIpc) is 2.90. The number of aliphatic carboxylic acids is 1. The maximum Gasteiger partial charge on any atom is 0.306 e. The van der Waals surface area contributed by atoms with E-state index in [1.54, 1.807) is 0 Å². The first-order chi connectivity index (χ1) is 10.5. The van der Waals surface area contributed by atoms with Gasteiger partial charge in [0.1, 0.15) is 0 Å². The van der Waals surface area contributed by atoms with E-state index in [9.17, 15) is 9.59 Å². The van der Waals surface area contributed by atoms with Crippen molar-refractivity contribution in [2.24, 2.45) is 5.92 Å². The molecular weight excluding hydrogens is 282 g/mol. The number of nitrogens with zero attached hydrogens (tertiary/aromatic N) is 1. The Morgan fingerprint density at radius 3 is 2.68 bits per heavy atom. The quantitative estimate of drug-likeness (QED) is 0.810. The molecule has 1 aromatic heterocycles. The number of carbonyl (C=O) groups excluding carboxylic acids is 1. The molecule has 0 atom stereocenters. The first kappa shape index (κ1) is 14.6. The number of aryl methyl sites for hydroxylation is 1. The van der Waals surface area contributed by atoms with E-state index in [1.165, 1.54) is 0 Å². The Morgan fingerprint density at radius 1 is 1.27 bits per heavy atom. The molecule has 116 valence electrons. The molecule has 2 aromatic rings. The maximum absolute atomic E-state index is 12.4. The molecule has 0 radical (unpaired) electrons. The molecule has 22 heavy (non-hydrogen) atoms. The van der Waals surface area contributed by atoms with Crippen LogP contribution in [-0.4, -0.2) is 33.2 Å². The molecule has 3 N–H and O–H groups in total. The van der Waals surface area contributed by atoms with Crippen LogP contribution in [0.4, 0.5) is 0 Å². The molecule has 1 aliphatic carbocycles. The average molecular weight is 301 g/mol. The van der Waals surface area contributed by atoms with Gasteiger partial charge in [0.15, 0.2) is 5.69 Å². The van der Waals surface area contributed by atoms with Gasteiger partial charge in [0, 0.05) is 11.4 Å². The normalized spacial score (nSPS) is 21.7. The first-order valence-electron chi connectivity index (χ1n) is 7.53. The van der Waals surface area contributed by atoms with Gasteiger partial charge in [0.25, 0.3) is 5.91 Å². The van der Waals surface area contributed by atoms with Crippen molar-refractivity contribution in [3.8, 4) is 0 Å². The lowest BCUT2D eigenvalue weighted by Crippen LogP contribution is -2.38. The Labute approximate surface area is 127 Å². The van der Waals surface area contributed by atoms with Gasteiger partial charge in [-0.1, -0.05) is 11.6 Å². The van der Waals surface area contributed by atoms with E-state index in [2.05, 4.69) is 15.5 Å². The Hall–Kier alpha value is -2.37. The fourth-order valence-corrected chi connectivity index (χ4v) is 3.04. The van der Waals surface area contributed by atoms with Crippen molar-refractivity contribution in [3.05, 3.63) is 29.5 Å². The molecule has 0 aliphatic heterocycles. The number of H-pyrrole nitrogens is 1. The largest absolute Gasteiger partial charge is 0.481 e. The molecule has 1 saturated carbocycles. The molecule has 3 rings (SSSR count). The van der Waals surface area contributed by atoms with Gasteiger partial charge in [-0.2, -0.15) is 5.10 Å². The number of hydrogen-bond acceptors (Lipinski definition) is 3. The van der Waals surface area contributed by atoms with Crippen LogP contribution in [-0.2, 0) is 4.79 Å². The van der Waals surface area contributed by atoms with Gasteiger partial charge in [-0.05, 0) is 44.7 Å². The standard InChI is InChI=1S/C16H19N3O3/c1-9-2-7-13-12(8-9)14(19-18-13)15(20)17-11-5-3-10(4-6-11)16(21)22/h2,7-8,10-11H,3-6H2,1H3,(H,17,20)(H,18,19)(H,21,22). The Morgan fingerprint density at radius 2 is 2.00 bits per heavy atom. The zero-order valence-corrected chi connectivity index (χ0v) is 12.4. The van der Waals surface area contributed by atoms with Gasteiger partial charge in [-0.25, -0.2) is 0 Å². The molecule has 1 fully saturated rings. The number of fused-ring (bicyclic) bond motifs is 1. The zero-order valence-electron chi connectivity index (χ0n) is 12.4. The summed E-state index contributed by atoms with van der Waals surface area (Å²) in [6.07, 6.45) is 2.62. The summed E-state index contributed by atoms with van der Waals surface area (Å²) in [5.41, 5.74) is 2.31. The van der Waals surface area contributed by atoms with Gasteiger partial charge >= 0.3 is 5.97 Å². The van der Waals surface area contributed by atoms with Crippen molar-refractivity contribution in [2.45, 2.75) is 38.6 Å². The van der Waals surface area contributed by atoms with E-state index in [1.807, 2.05) is 25.1 Å². The summed E-state index contributed by atoms with van der Waals surface area (Å²) in [6.45, 7) is 1.97. The van der Waals surface area contributed by atoms with Gasteiger partial charge in [-0.3, -0.25) is 14.7 Å². The molecular formula is C16H19N3O3. The molecule has 0 unspecified atom stereocenters. The van der Waals surface area contributed by atoms with E-state index in [-0.39, 0.29) is 17.9 Å². The van der Waals surface area contributed by atoms with Crippen molar-refractivity contribution in [2.75, 3.05) is 0 Å². The lowest BCUT2D eigenvalue weighted by atomic mass is 9.86. The molecule has 1 aliphatic rings. The highest BCUT2D eigenvalue weighted by Gasteiger charge is 2.27. The molecule has 0 bridgehead atoms. The van der Waals surface area contributed by atoms with Crippen molar-refractivity contribution in [1.29, 1.82) is 0 Å². The number of hydrogen-bond donors (Lipinski definition) is 3. The van der Waals surface area contributed by atoms with Crippen LogP contribution in [0.25, 0.3) is 10.9 Å². The minimum Gasteiger partial charge on any atom is -0.481 e. The molecule has 1 aromatic carbocycles. The summed E-state index contributed by atoms with van der Waals surface area (Å²) >= 11 is 0. The highest BCUT2D eigenvalue weighted by atomic mass is 16.4. The van der Waals surface area contributed by atoms with Crippen LogP contribution in [0, 0.1) is 12.8 Å². The SMILES string of the molecule is Cc1ccc2[nH]nc(C(=O)NC3CCC(C(=O)O)CC3)c2c1. The first-order valence-corrected chi connectivity index (χ1v) is 7.53. The number of rotatable bonds is 3. The fraction of sp³-hybridized carbons (Fsp3) is 0.438. The molecule has 0 spiro atoms. The van der Waals surface area contributed by atoms with Crippen LogP contribution in [0.1, 0.15) is 41.7 Å². The Kier molecular flexibility index (Phi) is 3.83. The van der Waals surface area contributed by atoms with Crippen molar-refractivity contribution in [3.63, 3.8) is 0 Å². The summed E-state index contributed by atoms with van der Waals surface area (Å²) in [5.74, 6) is -1.21. The fourth-order valence-electron chi connectivity index (χ4n) is 3.04. The summed E-state index contributed by atoms with van der Waals surface area (Å²) in [5, 5.41) is 19.8. The Balaban J connectivity index is 1.69. The second-order valence-corrected chi connectivity index (χ2v) is 5.98. The van der Waals surface area contributed by atoms with Crippen molar-refractivity contribution >= 4 is 22.8 Å². The van der Waals surface area contributed by atoms with Crippen LogP contribution in [0.3, 0.4) is 0 Å². The smallest absolute Gasteiger partial charge is 0.306 e. The molecule has 6 nitrogen and oxygen atoms in total. The number of aromatic nitrogens is 2. The van der Waals surface area contributed by atoms with E-state index in [0.29, 0.717) is 31.4 Å². The van der Waals surface area contributed by atoms with E-state index in [4.69, 9.17) is 5.11 Å². The van der Waals surface area contributed by atoms with E-state index >= 15 is 0 Å². The predicted octanol–water partition coefficient (Wildman–Crippen LogP) is 2.24. The highest BCUT2D eigenvalue weighted by Crippen LogP contribution is 2.25. The number of carboxylic acids is 1. The lowest BCUT2D eigenvalue weighted by Gasteiger charge is -2.26. The van der Waals surface area contributed by atoms with Gasteiger partial charge in [0.2, 0.25) is 0 Å². The number of amides is 1. The lowest BCUT2D eigenvalue weighted by molar-refractivity contribution is -0.142. The summed E-state index contributed by atoms with van der Waals surface area (Å²) < 4.78 is 0. The zero-order chi connectivity index (χ0) is 15.7. The minimum atomic E-state index is -0.737. The minimum absolute atomic E-state index is 0.0275. The third-order valence-electron chi connectivity index (χ3n) is 4.35. The Bertz CT molecular complexity index is 714.